The van der Waals surface area contributed by atoms with Crippen molar-refractivity contribution < 1.29 is 19.4 Å². The van der Waals surface area contributed by atoms with Gasteiger partial charge in [0.2, 0.25) is 6.29 Å². The van der Waals surface area contributed by atoms with Crippen molar-refractivity contribution in [3.63, 3.8) is 0 Å². The van der Waals surface area contributed by atoms with E-state index in [9.17, 15) is 4.79 Å². The van der Waals surface area contributed by atoms with Crippen LogP contribution >= 0.6 is 0 Å². The minimum absolute atomic E-state index is 0.0162. The number of hydrogen-bond donors (Lipinski definition) is 1. The number of carbonyl (C=O) groups is 1. The van der Waals surface area contributed by atoms with Crippen molar-refractivity contribution in [1.29, 1.82) is 0 Å². The predicted octanol–water partition coefficient (Wildman–Crippen LogP) is 0.584. The molecule has 76 valence electrons. The molecule has 0 aromatic carbocycles. The van der Waals surface area contributed by atoms with Crippen molar-refractivity contribution in [2.45, 2.75) is 12.7 Å². The maximum atomic E-state index is 11.2. The zero-order valence-electron chi connectivity index (χ0n) is 7.68. The van der Waals surface area contributed by atoms with E-state index in [0.717, 1.165) is 5.57 Å². The maximum absolute atomic E-state index is 11.2. The summed E-state index contributed by atoms with van der Waals surface area (Å²) in [7, 11) is 0. The van der Waals surface area contributed by atoms with Gasteiger partial charge in [0.05, 0.1) is 25.2 Å². The Morgan fingerprint density at radius 2 is 2.50 bits per heavy atom. The molecule has 2 rings (SSSR count). The van der Waals surface area contributed by atoms with E-state index in [0.29, 0.717) is 6.42 Å². The second kappa shape index (κ2) is 3.46. The van der Waals surface area contributed by atoms with Crippen LogP contribution in [0.25, 0.3) is 0 Å². The van der Waals surface area contributed by atoms with E-state index < -0.39 is 6.29 Å². The van der Waals surface area contributed by atoms with Crippen LogP contribution < -0.4 is 0 Å². The van der Waals surface area contributed by atoms with E-state index >= 15 is 0 Å². The molecule has 0 aliphatic carbocycles. The average Bonchev–Trinajstić information content (AvgIpc) is 2.17. The lowest BCUT2D eigenvalue weighted by Crippen LogP contribution is -2.43. The molecule has 2 aliphatic heterocycles. The van der Waals surface area contributed by atoms with Gasteiger partial charge in [-0.3, -0.25) is 4.79 Å². The van der Waals surface area contributed by atoms with Gasteiger partial charge in [0.25, 0.3) is 0 Å². The van der Waals surface area contributed by atoms with Gasteiger partial charge in [0.1, 0.15) is 0 Å². The number of rotatable bonds is 2. The molecule has 2 bridgehead atoms. The summed E-state index contributed by atoms with van der Waals surface area (Å²) in [6.07, 6.45) is 2.93. The molecule has 1 fully saturated rings. The molecule has 2 aliphatic rings. The summed E-state index contributed by atoms with van der Waals surface area (Å²) in [6.45, 7) is 3.59. The van der Waals surface area contributed by atoms with Crippen molar-refractivity contribution in [3.8, 4) is 0 Å². The van der Waals surface area contributed by atoms with E-state index in [4.69, 9.17) is 14.6 Å². The molecular formula is C10H12O4. The largest absolute Gasteiger partial charge is 0.462 e. The third-order valence-corrected chi connectivity index (χ3v) is 2.70. The van der Waals surface area contributed by atoms with Crippen molar-refractivity contribution >= 4 is 5.97 Å². The Morgan fingerprint density at radius 1 is 1.71 bits per heavy atom. The van der Waals surface area contributed by atoms with Crippen molar-refractivity contribution in [2.24, 2.45) is 11.8 Å². The highest BCUT2D eigenvalue weighted by atomic mass is 16.7. The highest BCUT2D eigenvalue weighted by molar-refractivity contribution is 5.71. The van der Waals surface area contributed by atoms with E-state index in [1.807, 2.05) is 0 Å². The predicted molar refractivity (Wildman–Crippen MR) is 47.9 cm³/mol. The number of esters is 1. The van der Waals surface area contributed by atoms with E-state index in [-0.39, 0.29) is 24.4 Å². The van der Waals surface area contributed by atoms with E-state index in [1.165, 1.54) is 6.26 Å². The van der Waals surface area contributed by atoms with Gasteiger partial charge < -0.3 is 14.6 Å². The average molecular weight is 196 g/mol. The second-order valence-electron chi connectivity index (χ2n) is 3.47. The highest BCUT2D eigenvalue weighted by Gasteiger charge is 2.42. The molecular weight excluding hydrogens is 184 g/mol. The van der Waals surface area contributed by atoms with Crippen LogP contribution in [-0.2, 0) is 14.3 Å². The van der Waals surface area contributed by atoms with Crippen LogP contribution in [0.1, 0.15) is 6.42 Å². The van der Waals surface area contributed by atoms with Crippen LogP contribution in [0.3, 0.4) is 0 Å². The molecule has 0 spiro atoms. The Hall–Kier alpha value is -1.29. The highest BCUT2D eigenvalue weighted by Crippen LogP contribution is 2.38. The molecule has 0 saturated carbocycles. The second-order valence-corrected chi connectivity index (χ2v) is 3.47. The summed E-state index contributed by atoms with van der Waals surface area (Å²) in [5.74, 6) is -0.338. The van der Waals surface area contributed by atoms with E-state index in [2.05, 4.69) is 6.58 Å². The lowest BCUT2D eigenvalue weighted by Gasteiger charge is -2.39. The summed E-state index contributed by atoms with van der Waals surface area (Å²) in [5.41, 5.74) is 0.739. The van der Waals surface area contributed by atoms with Crippen molar-refractivity contribution in [1.82, 2.24) is 0 Å². The van der Waals surface area contributed by atoms with Gasteiger partial charge in [-0.05, 0) is 5.57 Å². The molecule has 0 aromatic heterocycles. The van der Waals surface area contributed by atoms with Crippen LogP contribution in [0.2, 0.25) is 0 Å². The monoisotopic (exact) mass is 196 g/mol. The summed E-state index contributed by atoms with van der Waals surface area (Å²) < 4.78 is 10.2. The fraction of sp³-hybridized carbons (Fsp3) is 0.500. The first-order valence-electron chi connectivity index (χ1n) is 4.53. The normalized spacial score (nSPS) is 35.4. The Balaban J connectivity index is 2.29. The zero-order valence-corrected chi connectivity index (χ0v) is 7.68. The van der Waals surface area contributed by atoms with Gasteiger partial charge in [-0.25, -0.2) is 0 Å². The minimum Gasteiger partial charge on any atom is -0.462 e. The SMILES string of the molecule is C=C[C@H]1[C@@H]2OC=C(CO)[C@H]1CC(=O)O2. The number of carbonyl (C=O) groups excluding carboxylic acids is 1. The standard InChI is InChI=1S/C10H12O4/c1-2-7-8-3-9(12)14-10(7)13-5-6(8)4-11/h2,5,7-8,10-11H,1,3-4H2/t7-,8-,10-/m1/s1. The van der Waals surface area contributed by atoms with E-state index in [1.54, 1.807) is 6.08 Å². The quantitative estimate of drug-likeness (QED) is 0.518. The molecule has 0 radical (unpaired) electrons. The molecule has 1 saturated heterocycles. The fourth-order valence-corrected chi connectivity index (χ4v) is 1.93. The number of hydrogen-bond acceptors (Lipinski definition) is 4. The number of aliphatic hydroxyl groups excluding tert-OH is 1. The lowest BCUT2D eigenvalue weighted by atomic mass is 9.80. The topological polar surface area (TPSA) is 55.8 Å². The number of aliphatic hydroxyl groups is 1. The molecule has 0 aromatic rings. The minimum atomic E-state index is -0.561. The van der Waals surface area contributed by atoms with Gasteiger partial charge in [0.15, 0.2) is 0 Å². The zero-order chi connectivity index (χ0) is 10.1. The first-order valence-corrected chi connectivity index (χ1v) is 4.53. The summed E-state index contributed by atoms with van der Waals surface area (Å²) in [5, 5.41) is 9.07. The number of ether oxygens (including phenoxy) is 2. The number of fused-ring (bicyclic) bond motifs is 2. The van der Waals surface area contributed by atoms with Crippen LogP contribution in [0.4, 0.5) is 0 Å². The van der Waals surface area contributed by atoms with Gasteiger partial charge in [-0.15, -0.1) is 6.58 Å². The van der Waals surface area contributed by atoms with Crippen LogP contribution in [0, 0.1) is 11.8 Å². The molecule has 14 heavy (non-hydrogen) atoms. The maximum Gasteiger partial charge on any atom is 0.309 e. The molecule has 0 amide bonds. The molecule has 2 heterocycles. The van der Waals surface area contributed by atoms with Crippen molar-refractivity contribution in [3.05, 3.63) is 24.5 Å². The Labute approximate surface area is 81.8 Å². The van der Waals surface area contributed by atoms with Gasteiger partial charge >= 0.3 is 5.97 Å². The van der Waals surface area contributed by atoms with Crippen LogP contribution in [0.15, 0.2) is 24.5 Å². The Bertz CT molecular complexity index is 294. The summed E-state index contributed by atoms with van der Waals surface area (Å²) in [6, 6.07) is 0. The third-order valence-electron chi connectivity index (χ3n) is 2.70. The third kappa shape index (κ3) is 1.32. The van der Waals surface area contributed by atoms with Gasteiger partial charge in [0, 0.05) is 5.92 Å². The fourth-order valence-electron chi connectivity index (χ4n) is 1.93. The molecule has 4 heteroatoms. The van der Waals surface area contributed by atoms with Crippen molar-refractivity contribution in [2.75, 3.05) is 6.61 Å². The molecule has 3 atom stereocenters. The lowest BCUT2D eigenvalue weighted by molar-refractivity contribution is -0.196. The molecule has 0 unspecified atom stereocenters. The van der Waals surface area contributed by atoms with Gasteiger partial charge in [-0.1, -0.05) is 6.08 Å². The Morgan fingerprint density at radius 3 is 3.14 bits per heavy atom. The molecule has 4 nitrogen and oxygen atoms in total. The van der Waals surface area contributed by atoms with Crippen LogP contribution in [-0.4, -0.2) is 24.0 Å². The summed E-state index contributed by atoms with van der Waals surface area (Å²) in [4.78, 5) is 11.2. The first-order chi connectivity index (χ1) is 6.76. The van der Waals surface area contributed by atoms with Crippen LogP contribution in [0.5, 0.6) is 0 Å². The smallest absolute Gasteiger partial charge is 0.309 e. The Kier molecular flexibility index (Phi) is 2.29. The molecule has 1 N–H and O–H groups in total. The van der Waals surface area contributed by atoms with Gasteiger partial charge in [-0.2, -0.15) is 0 Å². The summed E-state index contributed by atoms with van der Waals surface area (Å²) >= 11 is 0. The first kappa shape index (κ1) is 9.27.